The van der Waals surface area contributed by atoms with E-state index < -0.39 is 0 Å². The van der Waals surface area contributed by atoms with E-state index in [1.165, 1.54) is 28.5 Å². The molecule has 1 aliphatic heterocycles. The van der Waals surface area contributed by atoms with E-state index in [-0.39, 0.29) is 11.0 Å². The molecule has 0 N–H and O–H groups in total. The number of hydrogen-bond acceptors (Lipinski definition) is 5. The number of allylic oxidation sites excluding steroid dienone is 2. The van der Waals surface area contributed by atoms with Crippen molar-refractivity contribution < 1.29 is 0 Å². The van der Waals surface area contributed by atoms with Crippen LogP contribution in [0, 0.1) is 0 Å². The van der Waals surface area contributed by atoms with Crippen LogP contribution in [0.1, 0.15) is 19.4 Å². The number of nitrogens with zero attached hydrogens (tertiary/aromatic N) is 6. The molecule has 154 valence electrons. The maximum Gasteiger partial charge on any atom is 0.285 e. The maximum atomic E-state index is 12.9. The third kappa shape index (κ3) is 2.97. The fourth-order valence-electron chi connectivity index (χ4n) is 4.22. The van der Waals surface area contributed by atoms with Gasteiger partial charge in [-0.15, -0.1) is 0 Å². The van der Waals surface area contributed by atoms with Gasteiger partial charge in [0.05, 0.1) is 11.9 Å². The van der Waals surface area contributed by atoms with Gasteiger partial charge in [0, 0.05) is 30.1 Å². The zero-order valence-corrected chi connectivity index (χ0v) is 17.6. The van der Waals surface area contributed by atoms with Gasteiger partial charge in [-0.05, 0) is 29.8 Å². The SMILES string of the molecule is CN1/C(=C\C=N/n2cnc3c(cnn3-c3ccccc3)c2=O)C(C)(C)c2ccccc21. The summed E-state index contributed by atoms with van der Waals surface area (Å²) < 4.78 is 2.89. The lowest BCUT2D eigenvalue weighted by Gasteiger charge is -2.23. The van der Waals surface area contributed by atoms with Gasteiger partial charge in [0.15, 0.2) is 5.65 Å². The Morgan fingerprint density at radius 2 is 1.77 bits per heavy atom. The van der Waals surface area contributed by atoms with E-state index in [1.54, 1.807) is 10.9 Å². The summed E-state index contributed by atoms with van der Waals surface area (Å²) in [5.74, 6) is 0. The number of anilines is 1. The van der Waals surface area contributed by atoms with Crippen LogP contribution < -0.4 is 10.5 Å². The van der Waals surface area contributed by atoms with Crippen molar-refractivity contribution in [2.75, 3.05) is 11.9 Å². The highest BCUT2D eigenvalue weighted by Crippen LogP contribution is 2.46. The molecule has 4 aromatic rings. The van der Waals surface area contributed by atoms with Gasteiger partial charge in [-0.3, -0.25) is 4.79 Å². The molecular weight excluding hydrogens is 388 g/mol. The van der Waals surface area contributed by atoms with Crippen molar-refractivity contribution >= 4 is 22.9 Å². The zero-order chi connectivity index (χ0) is 21.6. The van der Waals surface area contributed by atoms with Crippen LogP contribution in [0.15, 0.2) is 88.8 Å². The highest BCUT2D eigenvalue weighted by Gasteiger charge is 2.37. The van der Waals surface area contributed by atoms with E-state index in [0.29, 0.717) is 11.0 Å². The average molecular weight is 410 g/mol. The van der Waals surface area contributed by atoms with E-state index in [9.17, 15) is 4.79 Å². The predicted molar refractivity (Wildman–Crippen MR) is 123 cm³/mol. The minimum Gasteiger partial charge on any atom is -0.347 e. The molecular formula is C24H22N6O. The van der Waals surface area contributed by atoms with Crippen molar-refractivity contribution in [3.05, 3.63) is 94.8 Å². The molecule has 0 saturated carbocycles. The van der Waals surface area contributed by atoms with Crippen LogP contribution in [0.4, 0.5) is 5.69 Å². The predicted octanol–water partition coefficient (Wildman–Crippen LogP) is 3.73. The summed E-state index contributed by atoms with van der Waals surface area (Å²) in [5.41, 5.74) is 4.50. The number of hydrogen-bond donors (Lipinski definition) is 0. The number of likely N-dealkylation sites (N-methyl/N-ethyl adjacent to an activating group) is 1. The van der Waals surface area contributed by atoms with Gasteiger partial charge in [-0.25, -0.2) is 9.67 Å². The number of para-hydroxylation sites is 2. The Morgan fingerprint density at radius 1 is 1.03 bits per heavy atom. The molecule has 7 heteroatoms. The molecule has 0 aliphatic carbocycles. The Bertz CT molecular complexity index is 1390. The normalized spacial score (nSPS) is 16.5. The third-order valence-corrected chi connectivity index (χ3v) is 5.84. The minimum absolute atomic E-state index is 0.151. The van der Waals surface area contributed by atoms with Gasteiger partial charge < -0.3 is 4.90 Å². The molecule has 0 amide bonds. The molecule has 0 radical (unpaired) electrons. The number of fused-ring (bicyclic) bond motifs is 2. The quantitative estimate of drug-likeness (QED) is 0.483. The lowest BCUT2D eigenvalue weighted by atomic mass is 9.84. The van der Waals surface area contributed by atoms with Gasteiger partial charge in [0.25, 0.3) is 5.56 Å². The van der Waals surface area contributed by atoms with Crippen LogP contribution in [-0.2, 0) is 5.41 Å². The molecule has 2 aromatic heterocycles. The summed E-state index contributed by atoms with van der Waals surface area (Å²) in [7, 11) is 2.05. The molecule has 0 saturated heterocycles. The third-order valence-electron chi connectivity index (χ3n) is 5.84. The molecule has 1 aliphatic rings. The maximum absolute atomic E-state index is 12.9. The van der Waals surface area contributed by atoms with E-state index in [4.69, 9.17) is 0 Å². The van der Waals surface area contributed by atoms with Crippen molar-refractivity contribution in [1.82, 2.24) is 19.4 Å². The first-order valence-electron chi connectivity index (χ1n) is 10.1. The smallest absolute Gasteiger partial charge is 0.285 e. The van der Waals surface area contributed by atoms with Gasteiger partial charge in [0.2, 0.25) is 0 Å². The first-order valence-corrected chi connectivity index (χ1v) is 10.1. The summed E-state index contributed by atoms with van der Waals surface area (Å²) in [4.78, 5) is 19.5. The van der Waals surface area contributed by atoms with Gasteiger partial charge >= 0.3 is 0 Å². The fraction of sp³-hybridized carbons (Fsp3) is 0.167. The first-order chi connectivity index (χ1) is 15.0. The second kappa shape index (κ2) is 7.05. The van der Waals surface area contributed by atoms with Crippen LogP contribution in [0.3, 0.4) is 0 Å². The van der Waals surface area contributed by atoms with E-state index in [0.717, 1.165) is 11.4 Å². The number of aromatic nitrogens is 4. The highest BCUT2D eigenvalue weighted by atomic mass is 16.1. The minimum atomic E-state index is -0.260. The summed E-state index contributed by atoms with van der Waals surface area (Å²) >= 11 is 0. The molecule has 0 spiro atoms. The molecule has 2 aromatic carbocycles. The van der Waals surface area contributed by atoms with E-state index in [2.05, 4.69) is 52.1 Å². The highest BCUT2D eigenvalue weighted by molar-refractivity contribution is 5.79. The Morgan fingerprint density at radius 3 is 2.55 bits per heavy atom. The summed E-state index contributed by atoms with van der Waals surface area (Å²) in [6, 6.07) is 18.0. The van der Waals surface area contributed by atoms with Crippen LogP contribution in [0.2, 0.25) is 0 Å². The second-order valence-corrected chi connectivity index (χ2v) is 8.04. The molecule has 31 heavy (non-hydrogen) atoms. The van der Waals surface area contributed by atoms with Crippen molar-refractivity contribution in [2.24, 2.45) is 5.10 Å². The van der Waals surface area contributed by atoms with Gasteiger partial charge in [0.1, 0.15) is 11.7 Å². The summed E-state index contributed by atoms with van der Waals surface area (Å²) in [6.07, 6.45) is 6.56. The molecule has 0 fully saturated rings. The lowest BCUT2D eigenvalue weighted by molar-refractivity contribution is 0.641. The van der Waals surface area contributed by atoms with Crippen molar-refractivity contribution in [3.63, 3.8) is 0 Å². The fourth-order valence-corrected chi connectivity index (χ4v) is 4.22. The monoisotopic (exact) mass is 410 g/mol. The molecule has 0 atom stereocenters. The summed E-state index contributed by atoms with van der Waals surface area (Å²) in [6.45, 7) is 4.37. The number of benzene rings is 2. The van der Waals surface area contributed by atoms with Crippen LogP contribution >= 0.6 is 0 Å². The number of rotatable bonds is 3. The Balaban J connectivity index is 1.49. The Hall–Kier alpha value is -4.00. The van der Waals surface area contributed by atoms with Crippen LogP contribution in [-0.4, -0.2) is 32.7 Å². The summed E-state index contributed by atoms with van der Waals surface area (Å²) in [5, 5.41) is 9.09. The Kier molecular flexibility index (Phi) is 4.32. The largest absolute Gasteiger partial charge is 0.347 e. The van der Waals surface area contributed by atoms with Crippen molar-refractivity contribution in [3.8, 4) is 5.69 Å². The molecule has 7 nitrogen and oxygen atoms in total. The van der Waals surface area contributed by atoms with Crippen LogP contribution in [0.5, 0.6) is 0 Å². The van der Waals surface area contributed by atoms with E-state index >= 15 is 0 Å². The van der Waals surface area contributed by atoms with Gasteiger partial charge in [-0.2, -0.15) is 14.9 Å². The first kappa shape index (κ1) is 19.0. The Labute approximate surface area is 179 Å². The van der Waals surface area contributed by atoms with Crippen LogP contribution in [0.25, 0.3) is 16.7 Å². The average Bonchev–Trinajstić information content (AvgIpc) is 3.30. The molecule has 5 rings (SSSR count). The second-order valence-electron chi connectivity index (χ2n) is 8.04. The van der Waals surface area contributed by atoms with Crippen molar-refractivity contribution in [2.45, 2.75) is 19.3 Å². The standard InChI is InChI=1S/C24H22N6O/c1-24(2)19-11-7-8-12-20(19)28(3)21(24)13-14-26-29-16-25-22-18(23(29)31)15-27-30(22)17-9-5-4-6-10-17/h4-16H,1-3H3/b21-13-,26-14-. The topological polar surface area (TPSA) is 68.3 Å². The van der Waals surface area contributed by atoms with Gasteiger partial charge in [-0.1, -0.05) is 50.2 Å². The lowest BCUT2D eigenvalue weighted by Crippen LogP contribution is -2.23. The zero-order valence-electron chi connectivity index (χ0n) is 17.6. The molecule has 3 heterocycles. The molecule has 0 unspecified atom stereocenters. The molecule has 0 bridgehead atoms. The van der Waals surface area contributed by atoms with E-state index in [1.807, 2.05) is 49.5 Å². The van der Waals surface area contributed by atoms with Crippen molar-refractivity contribution in [1.29, 1.82) is 0 Å².